The second-order valence-electron chi connectivity index (χ2n) is 1.77. The Morgan fingerprint density at radius 1 is 1.60 bits per heavy atom. The van der Waals surface area contributed by atoms with E-state index < -0.39 is 0 Å². The Hall–Kier alpha value is -1.37. The molecule has 1 aromatic carbocycles. The quantitative estimate of drug-likeness (QED) is 0.439. The zero-order chi connectivity index (χ0) is 7.40. The van der Waals surface area contributed by atoms with Gasteiger partial charge in [-0.25, -0.2) is 0 Å². The van der Waals surface area contributed by atoms with Crippen molar-refractivity contribution in [2.45, 2.75) is 0 Å². The number of carbonyl (C=O) groups excluding carboxylic acids is 1. The third kappa shape index (κ3) is 1.32. The van der Waals surface area contributed by atoms with Crippen LogP contribution in [0.1, 0.15) is 10.4 Å². The van der Waals surface area contributed by atoms with Crippen molar-refractivity contribution in [2.75, 3.05) is 0 Å². The third-order valence-electron chi connectivity index (χ3n) is 1.10. The molecule has 0 fully saturated rings. The van der Waals surface area contributed by atoms with Gasteiger partial charge in [-0.15, -0.1) is 0 Å². The fourth-order valence-corrected chi connectivity index (χ4v) is 0.605. The summed E-state index contributed by atoms with van der Waals surface area (Å²) in [4.78, 5) is 10.8. The van der Waals surface area contributed by atoms with E-state index in [-0.39, 0.29) is 5.78 Å². The molecule has 0 aliphatic rings. The van der Waals surface area contributed by atoms with Gasteiger partial charge in [0.25, 0.3) is 0 Å². The second kappa shape index (κ2) is 2.97. The van der Waals surface area contributed by atoms with Crippen molar-refractivity contribution < 1.29 is 4.79 Å². The van der Waals surface area contributed by atoms with Gasteiger partial charge in [0.1, 0.15) is 0 Å². The highest BCUT2D eigenvalue weighted by atomic mass is 16.1. The first kappa shape index (κ1) is 6.75. The molecule has 1 heteroatoms. The summed E-state index contributed by atoms with van der Waals surface area (Å²) in [7, 11) is 0. The molecule has 0 aliphatic carbocycles. The standard InChI is InChI=1S/C9H6O/c1-2-9(10)8-6-4-3-5-7-8/h2-4,7H,1H2. The van der Waals surface area contributed by atoms with Gasteiger partial charge in [-0.3, -0.25) is 4.79 Å². The second-order valence-corrected chi connectivity index (χ2v) is 1.77. The summed E-state index contributed by atoms with van der Waals surface area (Å²) in [5, 5.41) is 0. The molecule has 1 rings (SSSR count). The topological polar surface area (TPSA) is 17.1 Å². The zero-order valence-electron chi connectivity index (χ0n) is 5.42. The molecule has 0 bridgehead atoms. The summed E-state index contributed by atoms with van der Waals surface area (Å²) in [6, 6.07) is 10.5. The van der Waals surface area contributed by atoms with Gasteiger partial charge in [-0.05, 0) is 24.3 Å². The molecule has 48 valence electrons. The van der Waals surface area contributed by atoms with E-state index in [1.54, 1.807) is 18.2 Å². The predicted molar refractivity (Wildman–Crippen MR) is 38.6 cm³/mol. The van der Waals surface area contributed by atoms with Gasteiger partial charge in [0.2, 0.25) is 0 Å². The first-order chi connectivity index (χ1) is 4.84. The minimum atomic E-state index is -0.114. The van der Waals surface area contributed by atoms with E-state index in [1.165, 1.54) is 6.08 Å². The van der Waals surface area contributed by atoms with E-state index in [9.17, 15) is 4.79 Å². The Balaban J connectivity index is 2.95. The van der Waals surface area contributed by atoms with E-state index in [2.05, 4.69) is 18.7 Å². The van der Waals surface area contributed by atoms with E-state index in [1.807, 2.05) is 0 Å². The average molecular weight is 130 g/mol. The average Bonchev–Trinajstić information content (AvgIpc) is 2.05. The van der Waals surface area contributed by atoms with Crippen LogP contribution in [0.2, 0.25) is 0 Å². The number of hydrogen-bond donors (Lipinski definition) is 0. The predicted octanol–water partition coefficient (Wildman–Crippen LogP) is 1.66. The van der Waals surface area contributed by atoms with Gasteiger partial charge in [0.15, 0.2) is 5.78 Å². The zero-order valence-corrected chi connectivity index (χ0v) is 5.42. The Bertz CT molecular complexity index is 236. The van der Waals surface area contributed by atoms with Crippen LogP contribution >= 0.6 is 0 Å². The third-order valence-corrected chi connectivity index (χ3v) is 1.10. The van der Waals surface area contributed by atoms with E-state index in [0.717, 1.165) is 0 Å². The summed E-state index contributed by atoms with van der Waals surface area (Å²) in [5.41, 5.74) is 0.512. The van der Waals surface area contributed by atoms with Crippen LogP contribution in [-0.4, -0.2) is 5.78 Å². The molecule has 1 nitrogen and oxygen atoms in total. The molecule has 0 unspecified atom stereocenters. The Kier molecular flexibility index (Phi) is 2.00. The number of ketones is 1. The molecule has 2 radical (unpaired) electrons. The fourth-order valence-electron chi connectivity index (χ4n) is 0.605. The van der Waals surface area contributed by atoms with Gasteiger partial charge in [-0.2, -0.15) is 0 Å². The Labute approximate surface area is 60.0 Å². The molecule has 0 aliphatic heterocycles. The van der Waals surface area contributed by atoms with Gasteiger partial charge in [0, 0.05) is 5.56 Å². The molecular weight excluding hydrogens is 124 g/mol. The van der Waals surface area contributed by atoms with Crippen molar-refractivity contribution in [3.05, 3.63) is 48.6 Å². The molecule has 1 aromatic rings. The SMILES string of the molecule is C=CC(=O)c1[c]cc[c]c1. The minimum absolute atomic E-state index is 0.114. The molecule has 0 amide bonds. The van der Waals surface area contributed by atoms with Crippen LogP contribution in [0.5, 0.6) is 0 Å². The van der Waals surface area contributed by atoms with Gasteiger partial charge in [0.05, 0.1) is 0 Å². The number of hydrogen-bond acceptors (Lipinski definition) is 1. The van der Waals surface area contributed by atoms with Crippen LogP contribution in [0.3, 0.4) is 0 Å². The highest BCUT2D eigenvalue weighted by Gasteiger charge is 1.96. The number of allylic oxidation sites excluding steroid dienone is 1. The lowest BCUT2D eigenvalue weighted by Crippen LogP contribution is -1.91. The van der Waals surface area contributed by atoms with Crippen LogP contribution in [-0.2, 0) is 0 Å². The maximum Gasteiger partial charge on any atom is 0.185 e. The fraction of sp³-hybridized carbons (Fsp3) is 0. The van der Waals surface area contributed by atoms with Crippen molar-refractivity contribution in [3.63, 3.8) is 0 Å². The van der Waals surface area contributed by atoms with Crippen molar-refractivity contribution in [3.8, 4) is 0 Å². The van der Waals surface area contributed by atoms with Crippen LogP contribution in [0, 0.1) is 12.1 Å². The van der Waals surface area contributed by atoms with Crippen LogP contribution in [0.4, 0.5) is 0 Å². The number of benzene rings is 1. The van der Waals surface area contributed by atoms with E-state index in [4.69, 9.17) is 0 Å². The normalized spacial score (nSPS) is 8.80. The molecule has 0 spiro atoms. The maximum atomic E-state index is 10.8. The van der Waals surface area contributed by atoms with Crippen LogP contribution in [0.15, 0.2) is 30.9 Å². The largest absolute Gasteiger partial charge is 0.289 e. The van der Waals surface area contributed by atoms with Crippen LogP contribution in [0.25, 0.3) is 0 Å². The number of rotatable bonds is 2. The molecule has 10 heavy (non-hydrogen) atoms. The van der Waals surface area contributed by atoms with Crippen LogP contribution < -0.4 is 0 Å². The summed E-state index contributed by atoms with van der Waals surface area (Å²) in [6.45, 7) is 3.35. The Morgan fingerprint density at radius 3 is 2.90 bits per heavy atom. The van der Waals surface area contributed by atoms with Crippen molar-refractivity contribution in [2.24, 2.45) is 0 Å². The summed E-state index contributed by atoms with van der Waals surface area (Å²) >= 11 is 0. The first-order valence-electron chi connectivity index (χ1n) is 2.89. The lowest BCUT2D eigenvalue weighted by atomic mass is 10.1. The minimum Gasteiger partial charge on any atom is -0.289 e. The summed E-state index contributed by atoms with van der Waals surface area (Å²) in [6.07, 6.45) is 1.26. The van der Waals surface area contributed by atoms with Gasteiger partial charge < -0.3 is 0 Å². The first-order valence-corrected chi connectivity index (χ1v) is 2.89. The van der Waals surface area contributed by atoms with Crippen molar-refractivity contribution in [1.82, 2.24) is 0 Å². The summed E-state index contributed by atoms with van der Waals surface area (Å²) < 4.78 is 0. The van der Waals surface area contributed by atoms with Crippen molar-refractivity contribution in [1.29, 1.82) is 0 Å². The van der Waals surface area contributed by atoms with E-state index in [0.29, 0.717) is 5.56 Å². The maximum absolute atomic E-state index is 10.8. The van der Waals surface area contributed by atoms with Gasteiger partial charge in [-0.1, -0.05) is 18.7 Å². The van der Waals surface area contributed by atoms with Gasteiger partial charge >= 0.3 is 0 Å². The number of carbonyl (C=O) groups is 1. The molecule has 0 saturated carbocycles. The highest BCUT2D eigenvalue weighted by Crippen LogP contribution is 1.97. The monoisotopic (exact) mass is 130 g/mol. The molecule has 0 N–H and O–H groups in total. The smallest absolute Gasteiger partial charge is 0.185 e. The van der Waals surface area contributed by atoms with Crippen molar-refractivity contribution >= 4 is 5.78 Å². The lowest BCUT2D eigenvalue weighted by Gasteiger charge is -1.89. The van der Waals surface area contributed by atoms with E-state index >= 15 is 0 Å². The highest BCUT2D eigenvalue weighted by molar-refractivity contribution is 6.03. The molecule has 0 atom stereocenters. The molecule has 0 aromatic heterocycles. The molecular formula is C9H6O. The Morgan fingerprint density at radius 2 is 2.40 bits per heavy atom. The molecule has 0 heterocycles. The molecule has 0 saturated heterocycles. The summed E-state index contributed by atoms with van der Waals surface area (Å²) in [5.74, 6) is -0.114. The lowest BCUT2D eigenvalue weighted by molar-refractivity contribution is 0.104.